The molecular formula is C15H18O2. The van der Waals surface area contributed by atoms with Gasteiger partial charge in [0.1, 0.15) is 11.7 Å². The summed E-state index contributed by atoms with van der Waals surface area (Å²) in [6.07, 6.45) is 3.25. The Morgan fingerprint density at radius 2 is 2.00 bits per heavy atom. The van der Waals surface area contributed by atoms with Gasteiger partial charge in [-0.2, -0.15) is 0 Å². The van der Waals surface area contributed by atoms with E-state index >= 15 is 0 Å². The first-order valence-electron chi connectivity index (χ1n) is 6.24. The number of esters is 1. The van der Waals surface area contributed by atoms with Crippen molar-refractivity contribution in [3.63, 3.8) is 0 Å². The highest BCUT2D eigenvalue weighted by molar-refractivity contribution is 5.88. The number of rotatable bonds is 4. The minimum Gasteiger partial charge on any atom is -0.429 e. The maximum Gasteiger partial charge on any atom is 0.321 e. The normalized spacial score (nSPS) is 21.8. The molecule has 1 aromatic carbocycles. The minimum absolute atomic E-state index is 0.0675. The van der Waals surface area contributed by atoms with E-state index in [4.69, 9.17) is 4.74 Å². The highest BCUT2D eigenvalue weighted by atomic mass is 16.6. The Bertz CT molecular complexity index is 431. The first kappa shape index (κ1) is 11.9. The fourth-order valence-electron chi connectivity index (χ4n) is 2.06. The molecule has 2 nitrogen and oxygen atoms in total. The zero-order valence-corrected chi connectivity index (χ0v) is 10.4. The second-order valence-electron chi connectivity index (χ2n) is 4.46. The van der Waals surface area contributed by atoms with Crippen molar-refractivity contribution in [2.75, 3.05) is 0 Å². The average molecular weight is 230 g/mol. The van der Waals surface area contributed by atoms with Crippen LogP contribution in [0.3, 0.4) is 0 Å². The zero-order chi connectivity index (χ0) is 12.3. The Kier molecular flexibility index (Phi) is 3.62. The van der Waals surface area contributed by atoms with Crippen LogP contribution in [0.5, 0.6) is 0 Å². The number of ether oxygens (including phenoxy) is 1. The van der Waals surface area contributed by atoms with Gasteiger partial charge < -0.3 is 4.74 Å². The lowest BCUT2D eigenvalue weighted by Crippen LogP contribution is -2.30. The average Bonchev–Trinajstić information content (AvgIpc) is 2.39. The molecule has 1 saturated heterocycles. The Morgan fingerprint density at radius 1 is 1.29 bits per heavy atom. The van der Waals surface area contributed by atoms with E-state index in [0.29, 0.717) is 0 Å². The van der Waals surface area contributed by atoms with E-state index in [1.807, 2.05) is 25.1 Å². The van der Waals surface area contributed by atoms with Crippen molar-refractivity contribution < 1.29 is 9.53 Å². The third kappa shape index (κ3) is 2.41. The van der Waals surface area contributed by atoms with Gasteiger partial charge in [-0.25, -0.2) is 0 Å². The van der Waals surface area contributed by atoms with Crippen LogP contribution in [0, 0.1) is 5.92 Å². The number of carbonyl (C=O) groups is 1. The molecule has 0 radical (unpaired) electrons. The number of benzene rings is 1. The largest absolute Gasteiger partial charge is 0.429 e. The smallest absolute Gasteiger partial charge is 0.321 e. The van der Waals surface area contributed by atoms with Crippen LogP contribution in [0.2, 0.25) is 0 Å². The summed E-state index contributed by atoms with van der Waals surface area (Å²) >= 11 is 0. The van der Waals surface area contributed by atoms with E-state index in [1.165, 1.54) is 11.1 Å². The Hall–Kier alpha value is -1.57. The predicted octanol–water partition coefficient (Wildman–Crippen LogP) is 3.78. The number of allylic oxidation sites excluding steroid dienone is 1. The quantitative estimate of drug-likeness (QED) is 0.736. The Morgan fingerprint density at radius 3 is 2.53 bits per heavy atom. The van der Waals surface area contributed by atoms with Gasteiger partial charge in [0.2, 0.25) is 0 Å². The number of unbranched alkanes of at least 4 members (excludes halogenated alkanes) is 1. The molecule has 17 heavy (non-hydrogen) atoms. The van der Waals surface area contributed by atoms with Gasteiger partial charge in [-0.15, -0.1) is 0 Å². The topological polar surface area (TPSA) is 26.3 Å². The molecule has 0 N–H and O–H groups in total. The summed E-state index contributed by atoms with van der Waals surface area (Å²) in [5, 5.41) is 0. The molecule has 0 amide bonds. The van der Waals surface area contributed by atoms with Gasteiger partial charge in [0.25, 0.3) is 0 Å². The van der Waals surface area contributed by atoms with Crippen molar-refractivity contribution in [2.45, 2.75) is 33.1 Å². The molecule has 0 bridgehead atoms. The van der Waals surface area contributed by atoms with Crippen molar-refractivity contribution in [3.8, 4) is 0 Å². The van der Waals surface area contributed by atoms with Crippen LogP contribution in [0.4, 0.5) is 0 Å². The lowest BCUT2D eigenvalue weighted by atomic mass is 9.92. The summed E-state index contributed by atoms with van der Waals surface area (Å²) in [7, 11) is 0. The maximum absolute atomic E-state index is 11.2. The van der Waals surface area contributed by atoms with E-state index in [9.17, 15) is 4.79 Å². The highest BCUT2D eigenvalue weighted by Gasteiger charge is 2.35. The van der Waals surface area contributed by atoms with E-state index in [1.54, 1.807) is 0 Å². The van der Waals surface area contributed by atoms with Gasteiger partial charge in [0.15, 0.2) is 0 Å². The summed E-state index contributed by atoms with van der Waals surface area (Å²) in [6, 6.07) is 10.2. The molecule has 1 heterocycles. The molecule has 0 unspecified atom stereocenters. The molecule has 0 spiro atoms. The van der Waals surface area contributed by atoms with Gasteiger partial charge in [-0.1, -0.05) is 43.7 Å². The second kappa shape index (κ2) is 5.17. The third-order valence-corrected chi connectivity index (χ3v) is 3.16. The number of carbonyl (C=O) groups excluding carboxylic acids is 1. The second-order valence-corrected chi connectivity index (χ2v) is 4.46. The highest BCUT2D eigenvalue weighted by Crippen LogP contribution is 2.36. The molecule has 2 heteroatoms. The Balaban J connectivity index is 2.29. The zero-order valence-electron chi connectivity index (χ0n) is 10.4. The molecule has 2 rings (SSSR count). The van der Waals surface area contributed by atoms with E-state index in [-0.39, 0.29) is 11.9 Å². The SMILES string of the molecule is CCCC/C(=C1\OC(=O)[C@H]1C)c1ccccc1. The van der Waals surface area contributed by atoms with Crippen molar-refractivity contribution >= 4 is 11.5 Å². The fourth-order valence-corrected chi connectivity index (χ4v) is 2.06. The van der Waals surface area contributed by atoms with Crippen LogP contribution in [-0.4, -0.2) is 5.97 Å². The number of cyclic esters (lactones) is 1. The monoisotopic (exact) mass is 230 g/mol. The lowest BCUT2D eigenvalue weighted by Gasteiger charge is -2.28. The van der Waals surface area contributed by atoms with Gasteiger partial charge >= 0.3 is 5.97 Å². The fraction of sp³-hybridized carbons (Fsp3) is 0.400. The molecule has 90 valence electrons. The molecule has 1 fully saturated rings. The standard InChI is InChI=1S/C15H18O2/c1-3-4-10-13(12-8-6-5-7-9-12)14-11(2)15(16)17-14/h5-9,11H,3-4,10H2,1-2H3/b14-13+/t11-/m0/s1. The van der Waals surface area contributed by atoms with Gasteiger partial charge in [-0.05, 0) is 30.9 Å². The van der Waals surface area contributed by atoms with Gasteiger partial charge in [0, 0.05) is 0 Å². The maximum atomic E-state index is 11.2. The number of hydrogen-bond donors (Lipinski definition) is 0. The van der Waals surface area contributed by atoms with Crippen molar-refractivity contribution in [1.82, 2.24) is 0 Å². The van der Waals surface area contributed by atoms with E-state index in [2.05, 4.69) is 19.1 Å². The molecule has 0 saturated carbocycles. The molecular weight excluding hydrogens is 212 g/mol. The van der Waals surface area contributed by atoms with Crippen molar-refractivity contribution in [3.05, 3.63) is 41.7 Å². The van der Waals surface area contributed by atoms with Crippen LogP contribution >= 0.6 is 0 Å². The summed E-state index contributed by atoms with van der Waals surface area (Å²) < 4.78 is 5.21. The van der Waals surface area contributed by atoms with Crippen LogP contribution in [-0.2, 0) is 9.53 Å². The Labute approximate surface area is 102 Å². The van der Waals surface area contributed by atoms with Gasteiger partial charge in [0.05, 0.1) is 0 Å². The summed E-state index contributed by atoms with van der Waals surface area (Å²) in [4.78, 5) is 11.2. The predicted molar refractivity (Wildman–Crippen MR) is 68.1 cm³/mol. The lowest BCUT2D eigenvalue weighted by molar-refractivity contribution is -0.155. The summed E-state index contributed by atoms with van der Waals surface area (Å²) in [6.45, 7) is 4.08. The summed E-state index contributed by atoms with van der Waals surface area (Å²) in [5.41, 5.74) is 2.37. The first-order chi connectivity index (χ1) is 8.24. The van der Waals surface area contributed by atoms with E-state index < -0.39 is 0 Å². The third-order valence-electron chi connectivity index (χ3n) is 3.16. The van der Waals surface area contributed by atoms with Crippen LogP contribution < -0.4 is 0 Å². The summed E-state index contributed by atoms with van der Waals surface area (Å²) in [5.74, 6) is 0.696. The molecule has 0 aliphatic carbocycles. The van der Waals surface area contributed by atoms with Crippen molar-refractivity contribution in [2.24, 2.45) is 5.92 Å². The molecule has 1 aliphatic heterocycles. The van der Waals surface area contributed by atoms with Crippen LogP contribution in [0.15, 0.2) is 36.1 Å². The van der Waals surface area contributed by atoms with E-state index in [0.717, 1.165) is 25.0 Å². The molecule has 1 atom stereocenters. The van der Waals surface area contributed by atoms with Crippen LogP contribution in [0.25, 0.3) is 5.57 Å². The van der Waals surface area contributed by atoms with Gasteiger partial charge in [-0.3, -0.25) is 4.79 Å². The molecule has 1 aliphatic rings. The van der Waals surface area contributed by atoms with Crippen molar-refractivity contribution in [1.29, 1.82) is 0 Å². The molecule has 0 aromatic heterocycles. The van der Waals surface area contributed by atoms with Crippen LogP contribution in [0.1, 0.15) is 38.7 Å². The first-order valence-corrected chi connectivity index (χ1v) is 6.24. The molecule has 1 aromatic rings. The minimum atomic E-state index is -0.107. The number of hydrogen-bond acceptors (Lipinski definition) is 2.